The monoisotopic (exact) mass is 550 g/mol. The average molecular weight is 552 g/mol. The zero-order valence-electron chi connectivity index (χ0n) is 21.3. The van der Waals surface area contributed by atoms with E-state index >= 15 is 0 Å². The first kappa shape index (κ1) is 25.2. The molecule has 172 valence electrons. The van der Waals surface area contributed by atoms with Crippen molar-refractivity contribution >= 4 is 22.6 Å². The van der Waals surface area contributed by atoms with Gasteiger partial charge in [-0.1, -0.05) is 0 Å². The van der Waals surface area contributed by atoms with Crippen LogP contribution in [0, 0.1) is 5.92 Å². The fraction of sp³-hybridized carbons (Fsp3) is 0.400. The van der Waals surface area contributed by atoms with E-state index in [0.717, 1.165) is 5.02 Å². The quantitative estimate of drug-likeness (QED) is 0.313. The van der Waals surface area contributed by atoms with Gasteiger partial charge in [-0.3, -0.25) is 0 Å². The van der Waals surface area contributed by atoms with Gasteiger partial charge in [-0.15, -0.1) is 0 Å². The molecule has 33 heavy (non-hydrogen) atoms. The van der Waals surface area contributed by atoms with Gasteiger partial charge in [-0.05, 0) is 0 Å². The van der Waals surface area contributed by atoms with E-state index in [2.05, 4.69) is 96.2 Å². The van der Waals surface area contributed by atoms with Gasteiger partial charge in [-0.25, -0.2) is 0 Å². The van der Waals surface area contributed by atoms with Crippen molar-refractivity contribution in [3.05, 3.63) is 95.8 Å². The van der Waals surface area contributed by atoms with Crippen LogP contribution in [0.25, 0.3) is 5.57 Å². The van der Waals surface area contributed by atoms with Crippen LogP contribution >= 0.6 is 11.6 Å². The summed E-state index contributed by atoms with van der Waals surface area (Å²) in [5.41, 5.74) is 11.8. The van der Waals surface area contributed by atoms with Crippen molar-refractivity contribution < 1.29 is 20.4 Å². The number of hydrogen-bond acceptors (Lipinski definition) is 0. The molecule has 0 spiro atoms. The summed E-state index contributed by atoms with van der Waals surface area (Å²) in [5.74, 6) is 0.610. The Morgan fingerprint density at radius 2 is 1.64 bits per heavy atom. The van der Waals surface area contributed by atoms with Gasteiger partial charge in [-0.2, -0.15) is 0 Å². The minimum atomic E-state index is -2.12. The third kappa shape index (κ3) is 4.41. The standard InChI is InChI=1S/C19H18Cl.C9H13.C2H6Si.Zr/c1-2-3-8-15-13-17-16(11-7-12-18(17)20)19(15)14-9-5-4-6-10-14;1-6-5-7(2)9(4)8(6)3;1-3-2;/h4-7,9-13H,2-3,8H2,1H3;6H,1-4H3;1-2H3;. The first-order chi connectivity index (χ1) is 15.8. The van der Waals surface area contributed by atoms with Crippen LogP contribution in [-0.2, 0) is 20.4 Å². The number of fused-ring (bicyclic) bond motifs is 1. The molecule has 0 aliphatic heterocycles. The van der Waals surface area contributed by atoms with Crippen molar-refractivity contribution in [3.8, 4) is 0 Å². The number of unbranched alkanes of at least 4 members (excludes halogenated alkanes) is 1. The minimum absolute atomic E-state index is 0.451. The van der Waals surface area contributed by atoms with Gasteiger partial charge < -0.3 is 0 Å². The molecule has 2 unspecified atom stereocenters. The molecule has 0 amide bonds. The van der Waals surface area contributed by atoms with Crippen LogP contribution in [0.15, 0.2) is 74.1 Å². The Kier molecular flexibility index (Phi) is 7.89. The molecule has 0 heterocycles. The zero-order valence-corrected chi connectivity index (χ0v) is 25.5. The third-order valence-electron chi connectivity index (χ3n) is 7.90. The van der Waals surface area contributed by atoms with Crippen LogP contribution in [0.5, 0.6) is 0 Å². The Bertz CT molecular complexity index is 1210. The summed E-state index contributed by atoms with van der Waals surface area (Å²) in [5, 5.41) is 0.990. The summed E-state index contributed by atoms with van der Waals surface area (Å²) in [4.78, 5) is 0. The average Bonchev–Trinajstić information content (AvgIpc) is 3.22. The number of hydrogen-bond donors (Lipinski definition) is 0. The topological polar surface area (TPSA) is 0 Å². The molecule has 2 atom stereocenters. The fourth-order valence-electron chi connectivity index (χ4n) is 5.95. The van der Waals surface area contributed by atoms with E-state index in [9.17, 15) is 0 Å². The number of benzene rings is 2. The van der Waals surface area contributed by atoms with Gasteiger partial charge in [0, 0.05) is 0 Å². The second-order valence-corrected chi connectivity index (χ2v) is 27.7. The van der Waals surface area contributed by atoms with E-state index in [4.69, 9.17) is 11.6 Å². The Morgan fingerprint density at radius 1 is 0.939 bits per heavy atom. The van der Waals surface area contributed by atoms with E-state index in [0.29, 0.717) is 9.54 Å². The summed E-state index contributed by atoms with van der Waals surface area (Å²) in [6, 6.07) is 17.8. The van der Waals surface area contributed by atoms with Crippen molar-refractivity contribution in [3.63, 3.8) is 0 Å². The van der Waals surface area contributed by atoms with Crippen LogP contribution in [-0.4, -0.2) is 5.43 Å². The number of rotatable bonds is 6. The molecule has 0 aromatic heterocycles. The van der Waals surface area contributed by atoms with Crippen LogP contribution in [0.4, 0.5) is 0 Å². The molecule has 2 aromatic rings. The van der Waals surface area contributed by atoms with E-state index < -0.39 is 25.8 Å². The Morgan fingerprint density at radius 3 is 2.21 bits per heavy atom. The third-order valence-corrected chi connectivity index (χ3v) is 27.0. The van der Waals surface area contributed by atoms with Gasteiger partial charge in [0.2, 0.25) is 0 Å². The zero-order chi connectivity index (χ0) is 23.9. The molecule has 0 bridgehead atoms. The summed E-state index contributed by atoms with van der Waals surface area (Å²) >= 11 is 4.97. The summed E-state index contributed by atoms with van der Waals surface area (Å²) < 4.78 is 2.46. The predicted molar refractivity (Wildman–Crippen MR) is 144 cm³/mol. The molecule has 4 rings (SSSR count). The first-order valence-electron chi connectivity index (χ1n) is 12.4. The van der Waals surface area contributed by atoms with Crippen LogP contribution < -0.4 is 0 Å². The number of halogens is 1. The molecule has 0 saturated carbocycles. The van der Waals surface area contributed by atoms with E-state index in [1.165, 1.54) is 41.5 Å². The Labute approximate surface area is 214 Å². The van der Waals surface area contributed by atoms with Crippen molar-refractivity contribution in [1.29, 1.82) is 0 Å². The second kappa shape index (κ2) is 10.3. The molecule has 0 nitrogen and oxygen atoms in total. The van der Waals surface area contributed by atoms with Crippen molar-refractivity contribution in [2.24, 2.45) is 5.92 Å². The predicted octanol–water partition coefficient (Wildman–Crippen LogP) is 9.52. The Balaban J connectivity index is 2.04. The van der Waals surface area contributed by atoms with Crippen molar-refractivity contribution in [1.82, 2.24) is 0 Å². The molecular formula is C30H37ClSiZr. The molecule has 2 aromatic carbocycles. The molecule has 2 aliphatic rings. The van der Waals surface area contributed by atoms with E-state index in [1.807, 2.05) is 3.28 Å². The van der Waals surface area contributed by atoms with Crippen LogP contribution in [0.2, 0.25) is 18.1 Å². The Hall–Kier alpha value is -0.950. The van der Waals surface area contributed by atoms with E-state index in [1.54, 1.807) is 22.3 Å². The molecular weight excluding hydrogens is 515 g/mol. The number of allylic oxidation sites excluding steroid dienone is 5. The summed E-state index contributed by atoms with van der Waals surface area (Å²) in [6.07, 6.45) is 3.68. The summed E-state index contributed by atoms with van der Waals surface area (Å²) in [6.45, 7) is 17.1. The van der Waals surface area contributed by atoms with Crippen molar-refractivity contribution in [2.45, 2.75) is 70.6 Å². The van der Waals surface area contributed by atoms with Crippen LogP contribution in [0.3, 0.4) is 0 Å². The molecule has 0 saturated heterocycles. The van der Waals surface area contributed by atoms with Gasteiger partial charge in [0.25, 0.3) is 0 Å². The maximum absolute atomic E-state index is 7.09. The van der Waals surface area contributed by atoms with Gasteiger partial charge in [0.05, 0.1) is 0 Å². The van der Waals surface area contributed by atoms with Gasteiger partial charge >= 0.3 is 215 Å². The first-order valence-corrected chi connectivity index (χ1v) is 21.6. The second-order valence-electron chi connectivity index (χ2n) is 9.99. The normalized spacial score (nSPS) is 20.1. The molecule has 0 radical (unpaired) electrons. The van der Waals surface area contributed by atoms with E-state index in [-0.39, 0.29) is 0 Å². The maximum atomic E-state index is 7.09. The summed E-state index contributed by atoms with van der Waals surface area (Å²) in [7, 11) is 0. The van der Waals surface area contributed by atoms with Crippen molar-refractivity contribution in [2.75, 3.05) is 0 Å². The molecule has 2 aliphatic carbocycles. The molecule has 0 fully saturated rings. The fourth-order valence-corrected chi connectivity index (χ4v) is 27.0. The van der Waals surface area contributed by atoms with Gasteiger partial charge in [0.1, 0.15) is 0 Å². The molecule has 0 N–H and O–H groups in total. The molecule has 3 heteroatoms. The van der Waals surface area contributed by atoms with Gasteiger partial charge in [0.15, 0.2) is 0 Å². The SMILES string of the molecule is CCCCC1=C(c2ccccc2)c2cccc(Cl)c2[CH]1[Zr]([C]1=C(C)C(C)=C(C)C1C)=[Si](C)C. The van der Waals surface area contributed by atoms with Crippen LogP contribution in [0.1, 0.15) is 74.2 Å².